The average Bonchev–Trinajstić information content (AvgIpc) is 2.66. The van der Waals surface area contributed by atoms with Crippen LogP contribution in [0.4, 0.5) is 11.4 Å². The van der Waals surface area contributed by atoms with Crippen LogP contribution in [0.1, 0.15) is 10.4 Å². The van der Waals surface area contributed by atoms with Crippen LogP contribution in [-0.2, 0) is 9.53 Å². The molecule has 0 atom stereocenters. The lowest BCUT2D eigenvalue weighted by atomic mass is 10.1. The Balaban J connectivity index is 1.66. The van der Waals surface area contributed by atoms with Gasteiger partial charge in [0.05, 0.1) is 24.9 Å². The Hall–Kier alpha value is -3.34. The predicted molar refractivity (Wildman–Crippen MR) is 98.8 cm³/mol. The van der Waals surface area contributed by atoms with Crippen LogP contribution in [0.25, 0.3) is 10.8 Å². The third-order valence-corrected chi connectivity index (χ3v) is 3.81. The minimum absolute atomic E-state index is 0.0911. The molecular formula is C20H18N2O3. The van der Waals surface area contributed by atoms with Gasteiger partial charge >= 0.3 is 5.97 Å². The molecule has 3 aromatic rings. The lowest BCUT2D eigenvalue weighted by Crippen LogP contribution is -2.23. The van der Waals surface area contributed by atoms with Crippen LogP contribution in [-0.4, -0.2) is 25.5 Å². The number of hydrogen-bond acceptors (Lipinski definition) is 4. The Morgan fingerprint density at radius 2 is 1.64 bits per heavy atom. The zero-order chi connectivity index (χ0) is 17.6. The molecule has 3 rings (SSSR count). The van der Waals surface area contributed by atoms with Crippen molar-refractivity contribution in [2.45, 2.75) is 0 Å². The van der Waals surface area contributed by atoms with Crippen molar-refractivity contribution in [2.24, 2.45) is 0 Å². The molecule has 126 valence electrons. The van der Waals surface area contributed by atoms with Gasteiger partial charge in [0.1, 0.15) is 0 Å². The van der Waals surface area contributed by atoms with E-state index in [0.29, 0.717) is 11.3 Å². The number of hydrogen-bond donors (Lipinski definition) is 2. The highest BCUT2D eigenvalue weighted by molar-refractivity contribution is 6.02. The minimum Gasteiger partial charge on any atom is -0.465 e. The predicted octanol–water partition coefficient (Wildman–Crippen LogP) is 3.68. The van der Waals surface area contributed by atoms with Crippen molar-refractivity contribution >= 4 is 34.0 Å². The number of para-hydroxylation sites is 1. The van der Waals surface area contributed by atoms with Crippen LogP contribution in [0.5, 0.6) is 0 Å². The third-order valence-electron chi connectivity index (χ3n) is 3.81. The van der Waals surface area contributed by atoms with E-state index in [9.17, 15) is 9.59 Å². The van der Waals surface area contributed by atoms with Crippen LogP contribution >= 0.6 is 0 Å². The standard InChI is InChI=1S/C20H18N2O3/c1-25-20(24)17-8-4-5-9-18(17)22-19(23)13-21-16-11-10-14-6-2-3-7-15(14)12-16/h2-12,21H,13H2,1H3,(H,22,23). The quantitative estimate of drug-likeness (QED) is 0.699. The number of carbonyl (C=O) groups excluding carboxylic acids is 2. The van der Waals surface area contributed by atoms with E-state index in [4.69, 9.17) is 4.74 Å². The fourth-order valence-corrected chi connectivity index (χ4v) is 2.56. The first-order valence-corrected chi connectivity index (χ1v) is 7.87. The van der Waals surface area contributed by atoms with Crippen LogP contribution < -0.4 is 10.6 Å². The summed E-state index contributed by atoms with van der Waals surface area (Å²) in [5.74, 6) is -0.733. The van der Waals surface area contributed by atoms with E-state index in [1.807, 2.05) is 42.5 Å². The van der Waals surface area contributed by atoms with E-state index < -0.39 is 5.97 Å². The highest BCUT2D eigenvalue weighted by atomic mass is 16.5. The molecule has 0 heterocycles. The van der Waals surface area contributed by atoms with Gasteiger partial charge < -0.3 is 15.4 Å². The van der Waals surface area contributed by atoms with Gasteiger partial charge in [-0.05, 0) is 35.0 Å². The normalized spacial score (nSPS) is 10.3. The van der Waals surface area contributed by atoms with Gasteiger partial charge in [0.25, 0.3) is 0 Å². The maximum Gasteiger partial charge on any atom is 0.339 e. The number of nitrogens with one attached hydrogen (secondary N) is 2. The number of esters is 1. The molecule has 0 aliphatic carbocycles. The van der Waals surface area contributed by atoms with Gasteiger partial charge in [0.2, 0.25) is 5.91 Å². The lowest BCUT2D eigenvalue weighted by Gasteiger charge is -2.11. The van der Waals surface area contributed by atoms with Crippen LogP contribution in [0.3, 0.4) is 0 Å². The number of fused-ring (bicyclic) bond motifs is 1. The van der Waals surface area contributed by atoms with E-state index >= 15 is 0 Å². The van der Waals surface area contributed by atoms with Gasteiger partial charge in [-0.15, -0.1) is 0 Å². The number of rotatable bonds is 5. The highest BCUT2D eigenvalue weighted by Crippen LogP contribution is 2.19. The van der Waals surface area contributed by atoms with Crippen LogP contribution in [0, 0.1) is 0 Å². The summed E-state index contributed by atoms with van der Waals surface area (Å²) in [5, 5.41) is 8.07. The van der Waals surface area contributed by atoms with Crippen molar-refractivity contribution in [1.82, 2.24) is 0 Å². The molecule has 0 aliphatic rings. The Morgan fingerprint density at radius 3 is 2.44 bits per heavy atom. The first kappa shape index (κ1) is 16.5. The van der Waals surface area contributed by atoms with Crippen LogP contribution in [0.2, 0.25) is 0 Å². The Labute approximate surface area is 145 Å². The molecule has 0 saturated heterocycles. The van der Waals surface area contributed by atoms with E-state index in [1.165, 1.54) is 7.11 Å². The van der Waals surface area contributed by atoms with Crippen molar-refractivity contribution in [2.75, 3.05) is 24.3 Å². The molecule has 5 nitrogen and oxygen atoms in total. The number of methoxy groups -OCH3 is 1. The molecule has 25 heavy (non-hydrogen) atoms. The summed E-state index contributed by atoms with van der Waals surface area (Å²) in [6.07, 6.45) is 0. The third kappa shape index (κ3) is 3.95. The summed E-state index contributed by atoms with van der Waals surface area (Å²) in [4.78, 5) is 23.9. The fourth-order valence-electron chi connectivity index (χ4n) is 2.56. The largest absolute Gasteiger partial charge is 0.465 e. The second kappa shape index (κ2) is 7.49. The Kier molecular flexibility index (Phi) is 4.95. The molecule has 5 heteroatoms. The maximum absolute atomic E-state index is 12.2. The van der Waals surface area contributed by atoms with Crippen molar-refractivity contribution in [1.29, 1.82) is 0 Å². The number of benzene rings is 3. The van der Waals surface area contributed by atoms with Gasteiger partial charge in [-0.3, -0.25) is 4.79 Å². The molecule has 0 aliphatic heterocycles. The summed E-state index contributed by atoms with van der Waals surface area (Å²) in [6, 6.07) is 20.7. The van der Waals surface area contributed by atoms with E-state index in [-0.39, 0.29) is 12.5 Å². The lowest BCUT2D eigenvalue weighted by molar-refractivity contribution is -0.114. The molecular weight excluding hydrogens is 316 g/mol. The second-order valence-corrected chi connectivity index (χ2v) is 5.50. The fraction of sp³-hybridized carbons (Fsp3) is 0.100. The topological polar surface area (TPSA) is 67.4 Å². The summed E-state index contributed by atoms with van der Waals surface area (Å²) in [5.41, 5.74) is 1.61. The van der Waals surface area contributed by atoms with Crippen molar-refractivity contribution in [3.8, 4) is 0 Å². The van der Waals surface area contributed by atoms with Gasteiger partial charge in [-0.25, -0.2) is 4.79 Å². The summed E-state index contributed by atoms with van der Waals surface area (Å²) >= 11 is 0. The summed E-state index contributed by atoms with van der Waals surface area (Å²) < 4.78 is 4.72. The monoisotopic (exact) mass is 334 g/mol. The van der Waals surface area contributed by atoms with Crippen molar-refractivity contribution in [3.05, 3.63) is 72.3 Å². The Bertz CT molecular complexity index is 921. The number of carbonyl (C=O) groups is 2. The number of amides is 1. The van der Waals surface area contributed by atoms with E-state index in [0.717, 1.165) is 16.5 Å². The number of ether oxygens (including phenoxy) is 1. The maximum atomic E-state index is 12.2. The first-order chi connectivity index (χ1) is 12.2. The Morgan fingerprint density at radius 1 is 0.920 bits per heavy atom. The van der Waals surface area contributed by atoms with Crippen LogP contribution in [0.15, 0.2) is 66.7 Å². The minimum atomic E-state index is -0.488. The zero-order valence-electron chi connectivity index (χ0n) is 13.8. The van der Waals surface area contributed by atoms with Gasteiger partial charge in [0, 0.05) is 5.69 Å². The van der Waals surface area contributed by atoms with Gasteiger partial charge in [-0.1, -0.05) is 42.5 Å². The van der Waals surface area contributed by atoms with Crippen molar-refractivity contribution in [3.63, 3.8) is 0 Å². The average molecular weight is 334 g/mol. The summed E-state index contributed by atoms with van der Waals surface area (Å²) in [7, 11) is 1.31. The molecule has 2 N–H and O–H groups in total. The molecule has 3 aromatic carbocycles. The zero-order valence-corrected chi connectivity index (χ0v) is 13.8. The molecule has 1 amide bonds. The highest BCUT2D eigenvalue weighted by Gasteiger charge is 2.13. The smallest absolute Gasteiger partial charge is 0.339 e. The van der Waals surface area contributed by atoms with Gasteiger partial charge in [0.15, 0.2) is 0 Å². The second-order valence-electron chi connectivity index (χ2n) is 5.50. The molecule has 0 spiro atoms. The van der Waals surface area contributed by atoms with E-state index in [2.05, 4.69) is 10.6 Å². The van der Waals surface area contributed by atoms with Crippen molar-refractivity contribution < 1.29 is 14.3 Å². The molecule has 0 bridgehead atoms. The molecule has 0 fully saturated rings. The van der Waals surface area contributed by atoms with E-state index in [1.54, 1.807) is 24.3 Å². The molecule has 0 aromatic heterocycles. The molecule has 0 radical (unpaired) electrons. The SMILES string of the molecule is COC(=O)c1ccccc1NC(=O)CNc1ccc2ccccc2c1. The number of anilines is 2. The summed E-state index contributed by atoms with van der Waals surface area (Å²) in [6.45, 7) is 0.0911. The first-order valence-electron chi connectivity index (χ1n) is 7.87. The molecule has 0 unspecified atom stereocenters. The van der Waals surface area contributed by atoms with Gasteiger partial charge in [-0.2, -0.15) is 0 Å². The molecule has 0 saturated carbocycles.